The summed E-state index contributed by atoms with van der Waals surface area (Å²) in [7, 11) is 7.28. The highest BCUT2D eigenvalue weighted by Crippen LogP contribution is 2.38. The van der Waals surface area contributed by atoms with Crippen LogP contribution in [0.4, 0.5) is 0 Å². The minimum atomic E-state index is -0.516. The topological polar surface area (TPSA) is 102 Å². The fourth-order valence-electron chi connectivity index (χ4n) is 3.42. The number of carbonyl (C=O) groups is 2. The Morgan fingerprint density at radius 2 is 1.65 bits per heavy atom. The summed E-state index contributed by atoms with van der Waals surface area (Å²) in [6.45, 7) is 0.229. The van der Waals surface area contributed by atoms with Gasteiger partial charge in [0.2, 0.25) is 5.75 Å². The van der Waals surface area contributed by atoms with Gasteiger partial charge in [0.15, 0.2) is 11.5 Å². The van der Waals surface area contributed by atoms with Crippen molar-refractivity contribution >= 4 is 11.9 Å². The Balaban J connectivity index is 1.74. The van der Waals surface area contributed by atoms with Gasteiger partial charge >= 0.3 is 5.97 Å². The first-order valence-corrected chi connectivity index (χ1v) is 9.49. The normalized spacial score (nSPS) is 14.2. The molecule has 1 heterocycles. The molecule has 9 nitrogen and oxygen atoms in total. The van der Waals surface area contributed by atoms with Crippen LogP contribution in [0.15, 0.2) is 24.3 Å². The monoisotopic (exact) mass is 431 g/mol. The van der Waals surface area contributed by atoms with Gasteiger partial charge in [-0.25, -0.2) is 4.79 Å². The second-order valence-corrected chi connectivity index (χ2v) is 6.72. The lowest BCUT2D eigenvalue weighted by Gasteiger charge is -2.15. The van der Waals surface area contributed by atoms with Crippen LogP contribution in [0.5, 0.6) is 28.7 Å². The summed E-state index contributed by atoms with van der Waals surface area (Å²) < 4.78 is 31.9. The van der Waals surface area contributed by atoms with E-state index in [0.717, 1.165) is 5.56 Å². The molecule has 0 spiro atoms. The van der Waals surface area contributed by atoms with Crippen molar-refractivity contribution < 1.29 is 38.0 Å². The zero-order valence-corrected chi connectivity index (χ0v) is 18.1. The molecule has 0 aliphatic carbocycles. The first-order chi connectivity index (χ1) is 14.9. The molecule has 2 aromatic carbocycles. The Kier molecular flexibility index (Phi) is 6.74. The quantitative estimate of drug-likeness (QED) is 0.635. The summed E-state index contributed by atoms with van der Waals surface area (Å²) in [6, 6.07) is 6.52. The highest BCUT2D eigenvalue weighted by atomic mass is 16.5. The van der Waals surface area contributed by atoms with Gasteiger partial charge < -0.3 is 33.7 Å². The minimum absolute atomic E-state index is 0.229. The van der Waals surface area contributed by atoms with Gasteiger partial charge in [-0.05, 0) is 24.3 Å². The van der Waals surface area contributed by atoms with Gasteiger partial charge in [-0.1, -0.05) is 0 Å². The van der Waals surface area contributed by atoms with Gasteiger partial charge in [-0.3, -0.25) is 4.79 Å². The largest absolute Gasteiger partial charge is 0.497 e. The fourth-order valence-corrected chi connectivity index (χ4v) is 3.42. The maximum atomic E-state index is 12.7. The number of ether oxygens (including phenoxy) is 6. The number of fused-ring (bicyclic) bond motifs is 1. The van der Waals surface area contributed by atoms with Gasteiger partial charge in [-0.15, -0.1) is 0 Å². The zero-order valence-electron chi connectivity index (χ0n) is 18.1. The molecule has 1 atom stereocenters. The van der Waals surface area contributed by atoms with Crippen LogP contribution in [0.1, 0.15) is 26.3 Å². The summed E-state index contributed by atoms with van der Waals surface area (Å²) in [5.41, 5.74) is 1.45. The third-order valence-corrected chi connectivity index (χ3v) is 4.93. The van der Waals surface area contributed by atoms with E-state index < -0.39 is 5.97 Å². The lowest BCUT2D eigenvalue weighted by Crippen LogP contribution is -2.34. The highest BCUT2D eigenvalue weighted by molar-refractivity contribution is 5.96. The molecular formula is C22H25NO8. The molecule has 2 aromatic rings. The summed E-state index contributed by atoms with van der Waals surface area (Å²) in [5.74, 6) is 1.30. The molecule has 0 fully saturated rings. The van der Waals surface area contributed by atoms with Crippen LogP contribution in [-0.2, 0) is 11.2 Å². The van der Waals surface area contributed by atoms with Crippen LogP contribution in [-0.4, -0.2) is 60.1 Å². The maximum Gasteiger partial charge on any atom is 0.341 e. The van der Waals surface area contributed by atoms with Crippen molar-refractivity contribution in [3.8, 4) is 28.7 Å². The van der Waals surface area contributed by atoms with Gasteiger partial charge in [0.05, 0.1) is 42.1 Å². The maximum absolute atomic E-state index is 12.7. The van der Waals surface area contributed by atoms with E-state index in [0.29, 0.717) is 40.7 Å². The zero-order chi connectivity index (χ0) is 22.5. The minimum Gasteiger partial charge on any atom is -0.497 e. The summed E-state index contributed by atoms with van der Waals surface area (Å²) in [5, 5.41) is 2.84. The summed E-state index contributed by atoms with van der Waals surface area (Å²) in [4.78, 5) is 24.8. The molecule has 9 heteroatoms. The Morgan fingerprint density at radius 1 is 0.968 bits per heavy atom. The lowest BCUT2D eigenvalue weighted by molar-refractivity contribution is 0.0594. The van der Waals surface area contributed by atoms with Crippen LogP contribution in [0, 0.1) is 0 Å². The third-order valence-electron chi connectivity index (χ3n) is 4.93. The molecule has 1 N–H and O–H groups in total. The number of hydrogen-bond donors (Lipinski definition) is 1. The predicted octanol–water partition coefficient (Wildman–Crippen LogP) is 2.24. The van der Waals surface area contributed by atoms with Gasteiger partial charge in [0.1, 0.15) is 23.2 Å². The van der Waals surface area contributed by atoms with Gasteiger partial charge in [-0.2, -0.15) is 0 Å². The van der Waals surface area contributed by atoms with Crippen LogP contribution in [0.2, 0.25) is 0 Å². The van der Waals surface area contributed by atoms with E-state index in [1.54, 1.807) is 18.2 Å². The first-order valence-electron chi connectivity index (χ1n) is 9.49. The number of esters is 1. The molecule has 3 rings (SSSR count). The van der Waals surface area contributed by atoms with Crippen LogP contribution >= 0.6 is 0 Å². The van der Waals surface area contributed by atoms with E-state index in [2.05, 4.69) is 5.32 Å². The van der Waals surface area contributed by atoms with Crippen molar-refractivity contribution in [2.75, 3.05) is 42.1 Å². The Labute approximate surface area is 180 Å². The second-order valence-electron chi connectivity index (χ2n) is 6.72. The van der Waals surface area contributed by atoms with Crippen molar-refractivity contribution in [2.24, 2.45) is 0 Å². The van der Waals surface area contributed by atoms with E-state index in [1.165, 1.54) is 35.5 Å². The lowest BCUT2D eigenvalue weighted by atomic mass is 10.1. The van der Waals surface area contributed by atoms with Crippen molar-refractivity contribution in [2.45, 2.75) is 12.5 Å². The standard InChI is InChI=1S/C22H25NO8/c1-26-14-6-12-7-15(31-19(12)16(10-14)22(25)30-5)11-23-21(24)13-8-17(27-2)20(29-4)18(9-13)28-3/h6,8-10,15H,7,11H2,1-5H3,(H,23,24). The van der Waals surface area contributed by atoms with Crippen LogP contribution in [0.3, 0.4) is 0 Å². The van der Waals surface area contributed by atoms with Crippen molar-refractivity contribution in [1.82, 2.24) is 5.32 Å². The highest BCUT2D eigenvalue weighted by Gasteiger charge is 2.30. The summed E-state index contributed by atoms with van der Waals surface area (Å²) >= 11 is 0. The molecule has 0 saturated heterocycles. The van der Waals surface area contributed by atoms with Crippen molar-refractivity contribution in [1.29, 1.82) is 0 Å². The van der Waals surface area contributed by atoms with Crippen molar-refractivity contribution in [3.63, 3.8) is 0 Å². The van der Waals surface area contributed by atoms with Crippen molar-refractivity contribution in [3.05, 3.63) is 41.0 Å². The Bertz CT molecular complexity index is 963. The number of nitrogens with one attached hydrogen (secondary N) is 1. The van der Waals surface area contributed by atoms with E-state index >= 15 is 0 Å². The Hall–Kier alpha value is -3.62. The van der Waals surface area contributed by atoms with Gasteiger partial charge in [0, 0.05) is 17.5 Å². The predicted molar refractivity (Wildman–Crippen MR) is 111 cm³/mol. The molecule has 1 aliphatic rings. The number of hydrogen-bond acceptors (Lipinski definition) is 8. The van der Waals surface area contributed by atoms with Crippen LogP contribution < -0.4 is 29.0 Å². The molecule has 0 bridgehead atoms. The molecular weight excluding hydrogens is 406 g/mol. The Morgan fingerprint density at radius 3 is 2.19 bits per heavy atom. The number of benzene rings is 2. The molecule has 31 heavy (non-hydrogen) atoms. The van der Waals surface area contributed by atoms with E-state index in [4.69, 9.17) is 28.4 Å². The number of amides is 1. The fraction of sp³-hybridized carbons (Fsp3) is 0.364. The third kappa shape index (κ3) is 4.45. The molecule has 0 saturated carbocycles. The number of methoxy groups -OCH3 is 5. The molecule has 1 unspecified atom stereocenters. The molecule has 166 valence electrons. The molecule has 0 radical (unpaired) electrons. The summed E-state index contributed by atoms with van der Waals surface area (Å²) in [6.07, 6.45) is 0.156. The average molecular weight is 431 g/mol. The van der Waals surface area contributed by atoms with E-state index in [1.807, 2.05) is 6.07 Å². The molecule has 0 aromatic heterocycles. The first kappa shape index (κ1) is 22.1. The smallest absolute Gasteiger partial charge is 0.341 e. The number of rotatable bonds is 8. The number of carbonyl (C=O) groups excluding carboxylic acids is 2. The average Bonchev–Trinajstić information content (AvgIpc) is 3.22. The van der Waals surface area contributed by atoms with E-state index in [-0.39, 0.29) is 24.1 Å². The second kappa shape index (κ2) is 9.46. The molecule has 1 aliphatic heterocycles. The van der Waals surface area contributed by atoms with E-state index in [9.17, 15) is 9.59 Å². The van der Waals surface area contributed by atoms with Crippen LogP contribution in [0.25, 0.3) is 0 Å². The molecule has 1 amide bonds. The van der Waals surface area contributed by atoms with Gasteiger partial charge in [0.25, 0.3) is 5.91 Å². The SMILES string of the molecule is COC(=O)c1cc(OC)cc2c1OC(CNC(=O)c1cc(OC)c(OC)c(OC)c1)C2.